The zero-order valence-corrected chi connectivity index (χ0v) is 15.4. The molecule has 0 aliphatic carbocycles. The number of fused-ring (bicyclic) bond motifs is 1. The largest absolute Gasteiger partial charge is 0.497 e. The number of benzene rings is 2. The minimum atomic E-state index is 0.801. The van der Waals surface area contributed by atoms with E-state index in [-0.39, 0.29) is 0 Å². The van der Waals surface area contributed by atoms with E-state index >= 15 is 0 Å². The average molecular weight is 348 g/mol. The van der Waals surface area contributed by atoms with Gasteiger partial charge in [0.05, 0.1) is 18.1 Å². The minimum Gasteiger partial charge on any atom is -0.497 e. The van der Waals surface area contributed by atoms with E-state index in [0.29, 0.717) is 0 Å². The number of rotatable bonds is 4. The molecule has 0 unspecified atom stereocenters. The smallest absolute Gasteiger partial charge is 0.156 e. The summed E-state index contributed by atoms with van der Waals surface area (Å²) < 4.78 is 5.35. The van der Waals surface area contributed by atoms with Gasteiger partial charge in [-0.15, -0.1) is 0 Å². The van der Waals surface area contributed by atoms with Gasteiger partial charge in [0.1, 0.15) is 11.4 Å². The number of hydrogen-bond acceptors (Lipinski definition) is 5. The first-order valence-corrected chi connectivity index (χ1v) is 9.17. The molecule has 5 heteroatoms. The van der Waals surface area contributed by atoms with Crippen LogP contribution in [0.5, 0.6) is 5.75 Å². The van der Waals surface area contributed by atoms with Crippen molar-refractivity contribution in [3.8, 4) is 17.0 Å². The Bertz CT molecular complexity index is 889. The number of anilines is 1. The van der Waals surface area contributed by atoms with Crippen LogP contribution in [-0.4, -0.2) is 54.7 Å². The van der Waals surface area contributed by atoms with Crippen molar-refractivity contribution in [1.29, 1.82) is 0 Å². The molecule has 134 valence electrons. The summed E-state index contributed by atoms with van der Waals surface area (Å²) >= 11 is 0. The molecule has 26 heavy (non-hydrogen) atoms. The maximum Gasteiger partial charge on any atom is 0.156 e. The highest BCUT2D eigenvalue weighted by molar-refractivity contribution is 5.84. The van der Waals surface area contributed by atoms with Crippen molar-refractivity contribution in [2.24, 2.45) is 0 Å². The van der Waals surface area contributed by atoms with Crippen LogP contribution < -0.4 is 9.64 Å². The van der Waals surface area contributed by atoms with Gasteiger partial charge in [-0.2, -0.15) is 0 Å². The van der Waals surface area contributed by atoms with Crippen molar-refractivity contribution in [1.82, 2.24) is 14.9 Å². The Morgan fingerprint density at radius 3 is 2.38 bits per heavy atom. The van der Waals surface area contributed by atoms with E-state index in [1.807, 2.05) is 36.4 Å². The average Bonchev–Trinajstić information content (AvgIpc) is 2.73. The number of likely N-dealkylation sites (N-methyl/N-ethyl adjacent to an activating group) is 1. The minimum absolute atomic E-state index is 0.801. The molecule has 0 N–H and O–H groups in total. The summed E-state index contributed by atoms with van der Waals surface area (Å²) in [6, 6.07) is 16.2. The lowest BCUT2D eigenvalue weighted by atomic mass is 10.1. The van der Waals surface area contributed by atoms with Gasteiger partial charge in [-0.05, 0) is 18.7 Å². The van der Waals surface area contributed by atoms with Crippen LogP contribution in [-0.2, 0) is 0 Å². The number of nitrogens with zero attached hydrogens (tertiary/aromatic N) is 4. The molecule has 0 radical (unpaired) electrons. The first-order valence-electron chi connectivity index (χ1n) is 9.17. The molecule has 0 bridgehead atoms. The van der Waals surface area contributed by atoms with Crippen molar-refractivity contribution in [3.05, 3.63) is 48.5 Å². The van der Waals surface area contributed by atoms with Crippen molar-refractivity contribution >= 4 is 16.9 Å². The van der Waals surface area contributed by atoms with Gasteiger partial charge in [-0.1, -0.05) is 37.3 Å². The first-order chi connectivity index (χ1) is 12.8. The summed E-state index contributed by atoms with van der Waals surface area (Å²) in [6.07, 6.45) is 0. The lowest BCUT2D eigenvalue weighted by molar-refractivity contribution is 0.270. The van der Waals surface area contributed by atoms with Gasteiger partial charge >= 0.3 is 0 Å². The Balaban J connectivity index is 1.81. The van der Waals surface area contributed by atoms with Gasteiger partial charge in [-0.3, -0.25) is 0 Å². The standard InChI is InChI=1S/C21H24N4O/c1-3-24-11-13-25(14-12-24)21-20(16-7-5-4-6-8-16)22-19-15-17(26-2)9-10-18(19)23-21/h4-10,15H,3,11-14H2,1-2H3. The van der Waals surface area contributed by atoms with Crippen molar-refractivity contribution in [2.75, 3.05) is 44.7 Å². The quantitative estimate of drug-likeness (QED) is 0.722. The van der Waals surface area contributed by atoms with E-state index in [1.54, 1.807) is 7.11 Å². The summed E-state index contributed by atoms with van der Waals surface area (Å²) in [6.45, 7) is 7.39. The number of aromatic nitrogens is 2. The van der Waals surface area contributed by atoms with Gasteiger partial charge in [0, 0.05) is 37.8 Å². The molecule has 1 fully saturated rings. The van der Waals surface area contributed by atoms with E-state index < -0.39 is 0 Å². The molecular formula is C21H24N4O. The topological polar surface area (TPSA) is 41.5 Å². The van der Waals surface area contributed by atoms with Crippen LogP contribution in [0, 0.1) is 0 Å². The van der Waals surface area contributed by atoms with E-state index in [4.69, 9.17) is 14.7 Å². The summed E-state index contributed by atoms with van der Waals surface area (Å²) in [5.41, 5.74) is 3.80. The number of piperazine rings is 1. The van der Waals surface area contributed by atoms with Crippen LogP contribution in [0.25, 0.3) is 22.3 Å². The highest BCUT2D eigenvalue weighted by Gasteiger charge is 2.21. The first kappa shape index (κ1) is 16.8. The Labute approximate surface area is 154 Å². The lowest BCUT2D eigenvalue weighted by Gasteiger charge is -2.35. The van der Waals surface area contributed by atoms with Gasteiger partial charge in [0.25, 0.3) is 0 Å². The number of methoxy groups -OCH3 is 1. The highest BCUT2D eigenvalue weighted by Crippen LogP contribution is 2.31. The molecule has 1 aliphatic rings. The van der Waals surface area contributed by atoms with Gasteiger partial charge in [-0.25, -0.2) is 9.97 Å². The lowest BCUT2D eigenvalue weighted by Crippen LogP contribution is -2.46. The Kier molecular flexibility index (Phi) is 4.71. The second kappa shape index (κ2) is 7.30. The van der Waals surface area contributed by atoms with Gasteiger partial charge < -0.3 is 14.5 Å². The Morgan fingerprint density at radius 1 is 0.923 bits per heavy atom. The zero-order valence-electron chi connectivity index (χ0n) is 15.4. The molecule has 3 aromatic rings. The van der Waals surface area contributed by atoms with Crippen molar-refractivity contribution < 1.29 is 4.74 Å². The monoisotopic (exact) mass is 348 g/mol. The third-order valence-corrected chi connectivity index (χ3v) is 5.02. The molecule has 0 amide bonds. The molecule has 1 aliphatic heterocycles. The Hall–Kier alpha value is -2.66. The van der Waals surface area contributed by atoms with Crippen LogP contribution in [0.15, 0.2) is 48.5 Å². The molecule has 1 aromatic heterocycles. The van der Waals surface area contributed by atoms with E-state index in [1.165, 1.54) is 0 Å². The highest BCUT2D eigenvalue weighted by atomic mass is 16.5. The molecule has 2 heterocycles. The fraction of sp³-hybridized carbons (Fsp3) is 0.333. The number of hydrogen-bond donors (Lipinski definition) is 0. The van der Waals surface area contributed by atoms with Crippen LogP contribution >= 0.6 is 0 Å². The van der Waals surface area contributed by atoms with Gasteiger partial charge in [0.15, 0.2) is 5.82 Å². The van der Waals surface area contributed by atoms with Gasteiger partial charge in [0.2, 0.25) is 0 Å². The molecule has 0 atom stereocenters. The molecule has 0 saturated carbocycles. The SMILES string of the molecule is CCN1CCN(c2nc3ccc(OC)cc3nc2-c2ccccc2)CC1. The maximum absolute atomic E-state index is 5.35. The van der Waals surface area contributed by atoms with Crippen molar-refractivity contribution in [3.63, 3.8) is 0 Å². The van der Waals surface area contributed by atoms with Crippen LogP contribution in [0.3, 0.4) is 0 Å². The molecule has 4 rings (SSSR count). The molecule has 0 spiro atoms. The summed E-state index contributed by atoms with van der Waals surface area (Å²) in [7, 11) is 1.67. The van der Waals surface area contributed by atoms with Crippen LogP contribution in [0.2, 0.25) is 0 Å². The third kappa shape index (κ3) is 3.22. The normalized spacial score (nSPS) is 15.4. The van der Waals surface area contributed by atoms with E-state index in [9.17, 15) is 0 Å². The maximum atomic E-state index is 5.35. The fourth-order valence-electron chi connectivity index (χ4n) is 3.44. The summed E-state index contributed by atoms with van der Waals surface area (Å²) in [5.74, 6) is 1.78. The Morgan fingerprint density at radius 2 is 1.69 bits per heavy atom. The second-order valence-electron chi connectivity index (χ2n) is 6.54. The molecule has 5 nitrogen and oxygen atoms in total. The van der Waals surface area contributed by atoms with Crippen LogP contribution in [0.1, 0.15) is 6.92 Å². The van der Waals surface area contributed by atoms with E-state index in [0.717, 1.165) is 66.6 Å². The fourth-order valence-corrected chi connectivity index (χ4v) is 3.44. The zero-order chi connectivity index (χ0) is 17.9. The second-order valence-corrected chi connectivity index (χ2v) is 6.54. The molecule has 2 aromatic carbocycles. The van der Waals surface area contributed by atoms with Crippen molar-refractivity contribution in [2.45, 2.75) is 6.92 Å². The predicted octanol–water partition coefficient (Wildman–Crippen LogP) is 3.45. The summed E-state index contributed by atoms with van der Waals surface area (Å²) in [5, 5.41) is 0. The molecule has 1 saturated heterocycles. The molecular weight excluding hydrogens is 324 g/mol. The third-order valence-electron chi connectivity index (χ3n) is 5.02. The predicted molar refractivity (Wildman–Crippen MR) is 106 cm³/mol. The van der Waals surface area contributed by atoms with E-state index in [2.05, 4.69) is 28.9 Å². The van der Waals surface area contributed by atoms with Crippen LogP contribution in [0.4, 0.5) is 5.82 Å². The number of ether oxygens (including phenoxy) is 1. The summed E-state index contributed by atoms with van der Waals surface area (Å²) in [4.78, 5) is 14.8.